The van der Waals surface area contributed by atoms with E-state index in [4.69, 9.17) is 0 Å². The van der Waals surface area contributed by atoms with Gasteiger partial charge in [-0.05, 0) is 30.4 Å². The van der Waals surface area contributed by atoms with E-state index >= 15 is 0 Å². The van der Waals surface area contributed by atoms with E-state index in [1.54, 1.807) is 12.1 Å². The lowest BCUT2D eigenvalue weighted by atomic mass is 9.63. The number of hydrogen-bond acceptors (Lipinski definition) is 2. The first-order chi connectivity index (χ1) is 14.0. The minimum atomic E-state index is -4.48. The maximum atomic E-state index is 14.9. The summed E-state index contributed by atoms with van der Waals surface area (Å²) in [5, 5.41) is 6.46. The molecule has 1 atom stereocenters. The normalized spacial score (nSPS) is 24.8. The van der Waals surface area contributed by atoms with E-state index in [9.17, 15) is 26.7 Å². The highest BCUT2D eigenvalue weighted by Gasteiger charge is 2.82. The predicted molar refractivity (Wildman–Crippen MR) is 99.0 cm³/mol. The van der Waals surface area contributed by atoms with E-state index < -0.39 is 35.5 Å². The maximum absolute atomic E-state index is 14.9. The van der Waals surface area contributed by atoms with Gasteiger partial charge in [0.2, 0.25) is 5.91 Å². The van der Waals surface area contributed by atoms with Gasteiger partial charge in [0, 0.05) is 26.0 Å². The van der Waals surface area contributed by atoms with E-state index in [-0.39, 0.29) is 18.0 Å². The van der Waals surface area contributed by atoms with Crippen molar-refractivity contribution in [1.29, 1.82) is 0 Å². The van der Waals surface area contributed by atoms with Crippen molar-refractivity contribution in [3.05, 3.63) is 52.6 Å². The second-order valence-corrected chi connectivity index (χ2v) is 8.27. The lowest BCUT2D eigenvalue weighted by Gasteiger charge is -2.54. The Hall–Kier alpha value is -2.45. The summed E-state index contributed by atoms with van der Waals surface area (Å²) in [7, 11) is 1.40. The number of benzene rings is 1. The molecule has 2 fully saturated rings. The molecule has 1 aromatic heterocycles. The Kier molecular flexibility index (Phi) is 4.70. The number of alkyl halides is 4. The number of hydrogen-bond donors (Lipinski definition) is 1. The van der Waals surface area contributed by atoms with Crippen LogP contribution in [-0.2, 0) is 23.8 Å². The zero-order valence-corrected chi connectivity index (χ0v) is 16.6. The van der Waals surface area contributed by atoms with Crippen LogP contribution in [0.3, 0.4) is 0 Å². The number of carbonyl (C=O) groups is 1. The molecule has 2 aliphatic carbocycles. The third kappa shape index (κ3) is 2.85. The monoisotopic (exact) mass is 427 g/mol. The molecule has 4 rings (SSSR count). The molecule has 2 saturated carbocycles. The van der Waals surface area contributed by atoms with Gasteiger partial charge in [-0.2, -0.15) is 22.7 Å². The zero-order valence-electron chi connectivity index (χ0n) is 16.6. The predicted octanol–water partition coefficient (Wildman–Crippen LogP) is 4.42. The van der Waals surface area contributed by atoms with Gasteiger partial charge in [-0.25, -0.2) is 4.39 Å². The Morgan fingerprint density at radius 3 is 2.40 bits per heavy atom. The van der Waals surface area contributed by atoms with Crippen molar-refractivity contribution < 1.29 is 26.7 Å². The van der Waals surface area contributed by atoms with Gasteiger partial charge in [-0.15, -0.1) is 0 Å². The fraction of sp³-hybridized carbons (Fsp3) is 0.524. The third-order valence-corrected chi connectivity index (χ3v) is 6.27. The van der Waals surface area contributed by atoms with Gasteiger partial charge in [-0.1, -0.05) is 24.6 Å². The molecule has 2 aromatic rings. The smallest absolute Gasteiger partial charge is 0.338 e. The molecule has 162 valence electrons. The maximum Gasteiger partial charge on any atom is 0.338 e. The van der Waals surface area contributed by atoms with Gasteiger partial charge in [0.15, 0.2) is 5.54 Å². The van der Waals surface area contributed by atoms with Crippen LogP contribution in [-0.4, -0.2) is 27.5 Å². The Balaban J connectivity index is 1.88. The molecule has 0 saturated heterocycles. The van der Waals surface area contributed by atoms with E-state index in [0.717, 1.165) is 18.0 Å². The van der Waals surface area contributed by atoms with Gasteiger partial charge >= 0.3 is 11.8 Å². The van der Waals surface area contributed by atoms with Crippen LogP contribution in [0.2, 0.25) is 0 Å². The summed E-state index contributed by atoms with van der Waals surface area (Å²) in [6, 6.07) is 6.06. The number of halogens is 5. The van der Waals surface area contributed by atoms with Crippen LogP contribution in [0.25, 0.3) is 0 Å². The molecular weight excluding hydrogens is 405 g/mol. The molecule has 0 aliphatic heterocycles. The van der Waals surface area contributed by atoms with Crippen molar-refractivity contribution in [1.82, 2.24) is 15.1 Å². The first-order valence-electron chi connectivity index (χ1n) is 9.84. The highest BCUT2D eigenvalue weighted by Crippen LogP contribution is 2.64. The minimum Gasteiger partial charge on any atom is -0.339 e. The minimum absolute atomic E-state index is 0.0461. The summed E-state index contributed by atoms with van der Waals surface area (Å²) >= 11 is 0. The first-order valence-corrected chi connectivity index (χ1v) is 9.84. The summed E-state index contributed by atoms with van der Waals surface area (Å²) in [5.41, 5.74) is -1.52. The number of amides is 1. The molecule has 30 heavy (non-hydrogen) atoms. The van der Waals surface area contributed by atoms with Crippen molar-refractivity contribution in [3.8, 4) is 0 Å². The summed E-state index contributed by atoms with van der Waals surface area (Å²) in [6.45, 7) is 1.02. The van der Waals surface area contributed by atoms with Gasteiger partial charge in [0.1, 0.15) is 5.82 Å². The summed E-state index contributed by atoms with van der Waals surface area (Å²) in [4.78, 5) is 11.8. The number of aryl methyl sites for hydroxylation is 1. The second kappa shape index (κ2) is 6.78. The number of nitrogens with zero attached hydrogens (tertiary/aromatic N) is 2. The van der Waals surface area contributed by atoms with E-state index in [2.05, 4.69) is 10.4 Å². The van der Waals surface area contributed by atoms with Crippen LogP contribution >= 0.6 is 0 Å². The van der Waals surface area contributed by atoms with Crippen molar-refractivity contribution in [2.75, 3.05) is 0 Å². The van der Waals surface area contributed by atoms with Gasteiger partial charge < -0.3 is 5.32 Å². The lowest BCUT2D eigenvalue weighted by molar-refractivity contribution is -0.335. The number of aromatic nitrogens is 2. The largest absolute Gasteiger partial charge is 0.339 e. The molecule has 2 aliphatic rings. The average Bonchev–Trinajstić information content (AvgIpc) is 2.90. The molecular formula is C21H22F5N3O. The highest BCUT2D eigenvalue weighted by molar-refractivity contribution is 5.75. The molecule has 1 aromatic carbocycles. The van der Waals surface area contributed by atoms with Crippen LogP contribution in [0.15, 0.2) is 24.3 Å². The van der Waals surface area contributed by atoms with Crippen LogP contribution in [0.1, 0.15) is 61.0 Å². The standard InChI is InChI=1S/C21H22F5N3O/c1-12(30)27-19(11-20(23,24)21(19,25)26)18-17(13-7-5-8-13)16(28-29(18)2)10-14-6-3-4-9-15(14)22/h3-4,6,9,13H,5,7-8,10-11H2,1-2H3,(H,27,30)/t19-/m0/s1. The van der Waals surface area contributed by atoms with Crippen LogP contribution < -0.4 is 5.32 Å². The Morgan fingerprint density at radius 1 is 1.23 bits per heavy atom. The first kappa shape index (κ1) is 20.8. The molecule has 1 amide bonds. The zero-order chi connectivity index (χ0) is 21.9. The molecule has 0 spiro atoms. The molecule has 9 heteroatoms. The SMILES string of the molecule is CC(=O)N[C@]1(c2c(C3CCC3)c(Cc3ccccc3F)nn2C)CC(F)(F)C1(F)F. The lowest BCUT2D eigenvalue weighted by Crippen LogP contribution is -2.76. The van der Waals surface area contributed by atoms with Crippen LogP contribution in [0.5, 0.6) is 0 Å². The molecule has 0 radical (unpaired) electrons. The van der Waals surface area contributed by atoms with Crippen LogP contribution in [0.4, 0.5) is 22.0 Å². The molecule has 4 nitrogen and oxygen atoms in total. The Morgan fingerprint density at radius 2 is 1.90 bits per heavy atom. The Bertz CT molecular complexity index is 999. The molecule has 0 unspecified atom stereocenters. The van der Waals surface area contributed by atoms with Gasteiger partial charge in [0.05, 0.1) is 17.8 Å². The van der Waals surface area contributed by atoms with Crippen molar-refractivity contribution in [2.24, 2.45) is 7.05 Å². The number of nitrogens with one attached hydrogen (secondary N) is 1. The average molecular weight is 427 g/mol. The number of carbonyl (C=O) groups excluding carboxylic acids is 1. The molecule has 1 N–H and O–H groups in total. The number of rotatable bonds is 5. The van der Waals surface area contributed by atoms with Crippen molar-refractivity contribution in [2.45, 2.75) is 62.3 Å². The quantitative estimate of drug-likeness (QED) is 0.718. The van der Waals surface area contributed by atoms with Crippen molar-refractivity contribution in [3.63, 3.8) is 0 Å². The second-order valence-electron chi connectivity index (χ2n) is 8.27. The summed E-state index contributed by atoms with van der Waals surface area (Å²) in [5.74, 6) is -10.2. The van der Waals surface area contributed by atoms with E-state index in [0.29, 0.717) is 29.7 Å². The Labute approximate surface area is 170 Å². The van der Waals surface area contributed by atoms with Crippen molar-refractivity contribution >= 4 is 5.91 Å². The van der Waals surface area contributed by atoms with E-state index in [1.807, 2.05) is 0 Å². The molecule has 0 bridgehead atoms. The van der Waals surface area contributed by atoms with Gasteiger partial charge in [-0.3, -0.25) is 9.48 Å². The summed E-state index contributed by atoms with van der Waals surface area (Å²) in [6.07, 6.45) is 1.09. The molecule has 1 heterocycles. The topological polar surface area (TPSA) is 46.9 Å². The van der Waals surface area contributed by atoms with E-state index in [1.165, 1.54) is 19.2 Å². The van der Waals surface area contributed by atoms with Gasteiger partial charge in [0.25, 0.3) is 0 Å². The fourth-order valence-electron chi connectivity index (χ4n) is 4.66. The van der Waals surface area contributed by atoms with Crippen LogP contribution in [0, 0.1) is 5.82 Å². The third-order valence-electron chi connectivity index (χ3n) is 6.27. The fourth-order valence-corrected chi connectivity index (χ4v) is 4.66. The highest BCUT2D eigenvalue weighted by atomic mass is 19.3. The summed E-state index contributed by atoms with van der Waals surface area (Å²) < 4.78 is 73.0.